The van der Waals surface area contributed by atoms with E-state index in [1.165, 1.54) is 11.3 Å². The number of rotatable bonds is 4. The van der Waals surface area contributed by atoms with E-state index in [1.807, 2.05) is 30.3 Å². The fraction of sp³-hybridized carbons (Fsp3) is 0.333. The van der Waals surface area contributed by atoms with Gasteiger partial charge in [0.15, 0.2) is 0 Å². The van der Waals surface area contributed by atoms with Crippen LogP contribution in [-0.4, -0.2) is 23.2 Å². The minimum atomic E-state index is -0.889. The van der Waals surface area contributed by atoms with Crippen molar-refractivity contribution in [2.24, 2.45) is 0 Å². The third-order valence-electron chi connectivity index (χ3n) is 4.07. The van der Waals surface area contributed by atoms with Gasteiger partial charge in [0, 0.05) is 17.3 Å². The maximum Gasteiger partial charge on any atom is 0.407 e. The number of carboxylic acid groups (broad SMARTS) is 1. The summed E-state index contributed by atoms with van der Waals surface area (Å²) in [5.74, 6) is -0.889. The van der Waals surface area contributed by atoms with Gasteiger partial charge in [0.1, 0.15) is 11.5 Å². The average Bonchev–Trinajstić information content (AvgIpc) is 2.88. The van der Waals surface area contributed by atoms with Crippen LogP contribution in [0.3, 0.4) is 0 Å². The van der Waals surface area contributed by atoms with Gasteiger partial charge in [0.25, 0.3) is 0 Å². The van der Waals surface area contributed by atoms with Gasteiger partial charge < -0.3 is 15.2 Å². The lowest BCUT2D eigenvalue weighted by atomic mass is 10.1. The number of benzene rings is 1. The normalized spacial score (nSPS) is 16.8. The molecule has 0 spiro atoms. The Balaban J connectivity index is 1.56. The highest BCUT2D eigenvalue weighted by molar-refractivity contribution is 7.14. The van der Waals surface area contributed by atoms with Crippen molar-refractivity contribution >= 4 is 23.4 Å². The number of nitrogens with one attached hydrogen (secondary N) is 1. The molecule has 2 N–H and O–H groups in total. The molecule has 1 atom stereocenters. The lowest BCUT2D eigenvalue weighted by Crippen LogP contribution is -2.36. The van der Waals surface area contributed by atoms with Crippen LogP contribution in [0.1, 0.15) is 38.5 Å². The smallest absolute Gasteiger partial charge is 0.407 e. The van der Waals surface area contributed by atoms with Gasteiger partial charge in [-0.05, 0) is 36.5 Å². The zero-order valence-corrected chi connectivity index (χ0v) is 14.0. The summed E-state index contributed by atoms with van der Waals surface area (Å²) in [4.78, 5) is 24.5. The highest BCUT2D eigenvalue weighted by Crippen LogP contribution is 2.29. The maximum atomic E-state index is 12.0. The Bertz CT molecular complexity index is 726. The molecule has 1 aromatic carbocycles. The van der Waals surface area contributed by atoms with Crippen LogP contribution >= 0.6 is 11.3 Å². The first-order chi connectivity index (χ1) is 11.6. The summed E-state index contributed by atoms with van der Waals surface area (Å²) in [5.41, 5.74) is 2.04. The van der Waals surface area contributed by atoms with Crippen LogP contribution in [0.15, 0.2) is 36.4 Å². The molecule has 2 aromatic rings. The Hall–Kier alpha value is -2.34. The molecular weight excluding hydrogens is 326 g/mol. The number of aryl methyl sites for hydroxylation is 1. The number of aromatic carboxylic acids is 1. The minimum absolute atomic E-state index is 0.0187. The number of hydrogen-bond donors (Lipinski definition) is 2. The van der Waals surface area contributed by atoms with Crippen LogP contribution < -0.4 is 5.32 Å². The predicted octanol–water partition coefficient (Wildman–Crippen LogP) is 3.62. The predicted molar refractivity (Wildman–Crippen MR) is 91.5 cm³/mol. The molecule has 5 nitrogen and oxygen atoms in total. The lowest BCUT2D eigenvalue weighted by molar-refractivity contribution is 0.0702. The van der Waals surface area contributed by atoms with Crippen LogP contribution in [0.2, 0.25) is 0 Å². The van der Waals surface area contributed by atoms with Crippen LogP contribution in [0.25, 0.3) is 0 Å². The molecular formula is C18H19NO4S. The molecule has 1 aromatic heterocycles. The summed E-state index contributed by atoms with van der Waals surface area (Å²) in [7, 11) is 0. The molecule has 3 rings (SSSR count). The fourth-order valence-electron chi connectivity index (χ4n) is 2.88. The van der Waals surface area contributed by atoms with Gasteiger partial charge in [-0.3, -0.25) is 0 Å². The Labute approximate surface area is 144 Å². The highest BCUT2D eigenvalue weighted by atomic mass is 32.1. The van der Waals surface area contributed by atoms with Crippen molar-refractivity contribution in [1.82, 2.24) is 5.32 Å². The van der Waals surface area contributed by atoms with E-state index in [-0.39, 0.29) is 12.6 Å². The van der Waals surface area contributed by atoms with Crippen LogP contribution in [0, 0.1) is 0 Å². The Morgan fingerprint density at radius 3 is 2.83 bits per heavy atom. The van der Waals surface area contributed by atoms with Crippen molar-refractivity contribution in [2.75, 3.05) is 0 Å². The van der Waals surface area contributed by atoms with Gasteiger partial charge in [-0.2, -0.15) is 0 Å². The van der Waals surface area contributed by atoms with Gasteiger partial charge in [-0.15, -0.1) is 11.3 Å². The van der Waals surface area contributed by atoms with Crippen molar-refractivity contribution in [3.63, 3.8) is 0 Å². The van der Waals surface area contributed by atoms with E-state index in [2.05, 4.69) is 5.32 Å². The molecule has 1 aliphatic carbocycles. The number of amides is 1. The zero-order valence-electron chi connectivity index (χ0n) is 13.2. The number of carbonyl (C=O) groups excluding carboxylic acids is 1. The first kappa shape index (κ1) is 16.5. The summed E-state index contributed by atoms with van der Waals surface area (Å²) < 4.78 is 5.26. The molecule has 24 heavy (non-hydrogen) atoms. The van der Waals surface area contributed by atoms with E-state index in [1.54, 1.807) is 6.07 Å². The second-order valence-corrected chi connectivity index (χ2v) is 7.00. The molecule has 1 aliphatic rings. The summed E-state index contributed by atoms with van der Waals surface area (Å²) in [6.45, 7) is 0.243. The first-order valence-corrected chi connectivity index (χ1v) is 8.75. The Morgan fingerprint density at radius 2 is 2.08 bits per heavy atom. The van der Waals surface area contributed by atoms with Gasteiger partial charge in [-0.25, -0.2) is 9.59 Å². The average molecular weight is 345 g/mol. The van der Waals surface area contributed by atoms with Crippen molar-refractivity contribution in [3.05, 3.63) is 57.3 Å². The summed E-state index contributed by atoms with van der Waals surface area (Å²) in [6.07, 6.45) is 2.88. The number of fused-ring (bicyclic) bond motifs is 1. The van der Waals surface area contributed by atoms with E-state index >= 15 is 0 Å². The van der Waals surface area contributed by atoms with Gasteiger partial charge in [0.2, 0.25) is 0 Å². The first-order valence-electron chi connectivity index (χ1n) is 7.94. The summed E-state index contributed by atoms with van der Waals surface area (Å²) in [5, 5.41) is 12.0. The van der Waals surface area contributed by atoms with Crippen molar-refractivity contribution < 1.29 is 19.4 Å². The Morgan fingerprint density at radius 1 is 1.29 bits per heavy atom. The topological polar surface area (TPSA) is 75.6 Å². The van der Waals surface area contributed by atoms with Gasteiger partial charge in [0.05, 0.1) is 0 Å². The molecule has 0 bridgehead atoms. The standard InChI is InChI=1S/C18H19NO4S/c20-17(21)16-9-13-7-4-8-14(10-15(13)24-16)19-18(22)23-11-12-5-2-1-3-6-12/h1-3,5-6,9,14H,4,7-8,10-11H2,(H,19,22)(H,20,21). The molecule has 1 heterocycles. The molecule has 126 valence electrons. The summed E-state index contributed by atoms with van der Waals surface area (Å²) in [6, 6.07) is 11.3. The number of alkyl carbamates (subject to hydrolysis) is 1. The number of carboxylic acids is 1. The summed E-state index contributed by atoms with van der Waals surface area (Å²) >= 11 is 1.31. The van der Waals surface area contributed by atoms with E-state index in [0.29, 0.717) is 11.3 Å². The second kappa shape index (κ2) is 7.49. The molecule has 0 aliphatic heterocycles. The molecule has 0 saturated carbocycles. The number of hydrogen-bond acceptors (Lipinski definition) is 4. The number of carbonyl (C=O) groups is 2. The lowest BCUT2D eigenvalue weighted by Gasteiger charge is -2.16. The molecule has 1 amide bonds. The van der Waals surface area contributed by atoms with Gasteiger partial charge >= 0.3 is 12.1 Å². The number of ether oxygens (including phenoxy) is 1. The third-order valence-corrected chi connectivity index (χ3v) is 5.26. The fourth-order valence-corrected chi connectivity index (χ4v) is 4.01. The molecule has 0 fully saturated rings. The van der Waals surface area contributed by atoms with Gasteiger partial charge in [-0.1, -0.05) is 30.3 Å². The maximum absolute atomic E-state index is 12.0. The van der Waals surface area contributed by atoms with E-state index < -0.39 is 12.1 Å². The largest absolute Gasteiger partial charge is 0.477 e. The molecule has 0 radical (unpaired) electrons. The van der Waals surface area contributed by atoms with Crippen LogP contribution in [-0.2, 0) is 24.2 Å². The van der Waals surface area contributed by atoms with Crippen molar-refractivity contribution in [3.8, 4) is 0 Å². The molecule has 1 unspecified atom stereocenters. The second-order valence-electron chi connectivity index (χ2n) is 5.86. The monoisotopic (exact) mass is 345 g/mol. The van der Waals surface area contributed by atoms with E-state index in [9.17, 15) is 9.59 Å². The van der Waals surface area contributed by atoms with Crippen LogP contribution in [0.4, 0.5) is 4.79 Å². The minimum Gasteiger partial charge on any atom is -0.477 e. The molecule has 6 heteroatoms. The quantitative estimate of drug-likeness (QED) is 0.830. The SMILES string of the molecule is O=C(NC1CCCc2cc(C(=O)O)sc2C1)OCc1ccccc1. The highest BCUT2D eigenvalue weighted by Gasteiger charge is 2.22. The number of thiophene rings is 1. The van der Waals surface area contributed by atoms with Crippen LogP contribution in [0.5, 0.6) is 0 Å². The van der Waals surface area contributed by atoms with E-state index in [0.717, 1.165) is 35.3 Å². The Kier molecular flexibility index (Phi) is 5.15. The molecule has 0 saturated heterocycles. The third kappa shape index (κ3) is 4.14. The zero-order chi connectivity index (χ0) is 16.9. The van der Waals surface area contributed by atoms with E-state index in [4.69, 9.17) is 9.84 Å². The van der Waals surface area contributed by atoms with Crippen molar-refractivity contribution in [2.45, 2.75) is 38.3 Å². The van der Waals surface area contributed by atoms with Crippen molar-refractivity contribution in [1.29, 1.82) is 0 Å².